The summed E-state index contributed by atoms with van der Waals surface area (Å²) in [5, 5.41) is 0. The Hall–Kier alpha value is -1.33. The molecule has 0 aliphatic heterocycles. The van der Waals surface area contributed by atoms with Crippen molar-refractivity contribution in [1.29, 1.82) is 0 Å². The number of amides is 1. The molecule has 2 N–H and O–H groups in total. The summed E-state index contributed by atoms with van der Waals surface area (Å²) in [6.45, 7) is 3.82. The minimum Gasteiger partial charge on any atom is -0.321 e. The fourth-order valence-electron chi connectivity index (χ4n) is 1.79. The van der Waals surface area contributed by atoms with Crippen LogP contribution in [0.4, 0.5) is 5.69 Å². The van der Waals surface area contributed by atoms with E-state index in [9.17, 15) is 9.59 Å². The van der Waals surface area contributed by atoms with E-state index in [1.807, 2.05) is 44.2 Å². The molecule has 0 fully saturated rings. The van der Waals surface area contributed by atoms with Crippen molar-refractivity contribution in [2.75, 3.05) is 10.7 Å². The number of Topliss-reactive ketones (excluding diaryl/α,β-unsaturated/α-hetero) is 1. The van der Waals surface area contributed by atoms with Gasteiger partial charge >= 0.3 is 0 Å². The Morgan fingerprint density at radius 2 is 1.84 bits per heavy atom. The van der Waals surface area contributed by atoms with Gasteiger partial charge in [-0.05, 0) is 26.0 Å². The summed E-state index contributed by atoms with van der Waals surface area (Å²) in [6.07, 6.45) is -0.186. The second-order valence-corrected chi connectivity index (χ2v) is 4.99. The SMILES string of the molecule is CC(C)N(C(=O)CC(=O)[C@@H](N)CS)c1ccccc1. The van der Waals surface area contributed by atoms with E-state index in [0.29, 0.717) is 0 Å². The van der Waals surface area contributed by atoms with Gasteiger partial charge < -0.3 is 10.6 Å². The van der Waals surface area contributed by atoms with Crippen LogP contribution >= 0.6 is 12.6 Å². The molecule has 0 saturated heterocycles. The molecule has 19 heavy (non-hydrogen) atoms. The number of nitrogens with two attached hydrogens (primary N) is 1. The Bertz CT molecular complexity index is 434. The summed E-state index contributed by atoms with van der Waals surface area (Å²) in [6, 6.07) is 8.60. The van der Waals surface area contributed by atoms with Gasteiger partial charge in [0.2, 0.25) is 5.91 Å². The Labute approximate surface area is 119 Å². The third-order valence-corrected chi connectivity index (χ3v) is 3.15. The molecule has 1 rings (SSSR count). The van der Waals surface area contributed by atoms with Crippen LogP contribution in [0.1, 0.15) is 20.3 Å². The molecule has 0 spiro atoms. The number of benzene rings is 1. The molecule has 0 aromatic heterocycles. The first-order valence-electron chi connectivity index (χ1n) is 6.23. The lowest BCUT2D eigenvalue weighted by atomic mass is 10.1. The fraction of sp³-hybridized carbons (Fsp3) is 0.429. The van der Waals surface area contributed by atoms with E-state index in [2.05, 4.69) is 12.6 Å². The monoisotopic (exact) mass is 280 g/mol. The third-order valence-electron chi connectivity index (χ3n) is 2.76. The Morgan fingerprint density at radius 1 is 1.26 bits per heavy atom. The first-order chi connectivity index (χ1) is 8.97. The van der Waals surface area contributed by atoms with Crippen molar-refractivity contribution in [3.05, 3.63) is 30.3 Å². The largest absolute Gasteiger partial charge is 0.321 e. The highest BCUT2D eigenvalue weighted by Crippen LogP contribution is 2.17. The van der Waals surface area contributed by atoms with E-state index < -0.39 is 6.04 Å². The van der Waals surface area contributed by atoms with Crippen LogP contribution in [0.15, 0.2) is 30.3 Å². The molecule has 0 bridgehead atoms. The van der Waals surface area contributed by atoms with Gasteiger partial charge in [0.15, 0.2) is 5.78 Å². The number of carbonyl (C=O) groups is 2. The number of hydrogen-bond donors (Lipinski definition) is 2. The first-order valence-corrected chi connectivity index (χ1v) is 6.87. The van der Waals surface area contributed by atoms with Gasteiger partial charge in [-0.3, -0.25) is 9.59 Å². The van der Waals surface area contributed by atoms with E-state index in [-0.39, 0.29) is 29.9 Å². The van der Waals surface area contributed by atoms with Crippen LogP contribution < -0.4 is 10.6 Å². The van der Waals surface area contributed by atoms with Crippen molar-refractivity contribution >= 4 is 30.0 Å². The Kier molecular flexibility index (Phi) is 6.05. The molecule has 0 radical (unpaired) electrons. The van der Waals surface area contributed by atoms with Crippen molar-refractivity contribution in [1.82, 2.24) is 0 Å². The summed E-state index contributed by atoms with van der Waals surface area (Å²) in [5.41, 5.74) is 6.37. The van der Waals surface area contributed by atoms with Crippen molar-refractivity contribution in [3.63, 3.8) is 0 Å². The first kappa shape index (κ1) is 15.7. The second kappa shape index (κ2) is 7.31. The van der Waals surface area contributed by atoms with Gasteiger partial charge in [-0.25, -0.2) is 0 Å². The predicted molar refractivity (Wildman–Crippen MR) is 80.5 cm³/mol. The van der Waals surface area contributed by atoms with E-state index in [4.69, 9.17) is 5.73 Å². The number of hydrogen-bond acceptors (Lipinski definition) is 4. The molecule has 1 amide bonds. The lowest BCUT2D eigenvalue weighted by Gasteiger charge is -2.27. The normalized spacial score (nSPS) is 12.3. The zero-order valence-corrected chi connectivity index (χ0v) is 12.1. The van der Waals surface area contributed by atoms with E-state index >= 15 is 0 Å². The zero-order valence-electron chi connectivity index (χ0n) is 11.2. The molecule has 0 unspecified atom stereocenters. The molecular weight excluding hydrogens is 260 g/mol. The van der Waals surface area contributed by atoms with Gasteiger partial charge in [0.05, 0.1) is 12.5 Å². The molecule has 4 nitrogen and oxygen atoms in total. The van der Waals surface area contributed by atoms with E-state index in [1.165, 1.54) is 0 Å². The van der Waals surface area contributed by atoms with Gasteiger partial charge in [0, 0.05) is 17.5 Å². The number of para-hydroxylation sites is 1. The second-order valence-electron chi connectivity index (χ2n) is 4.63. The smallest absolute Gasteiger partial charge is 0.234 e. The van der Waals surface area contributed by atoms with Crippen LogP contribution in [0.5, 0.6) is 0 Å². The molecule has 0 heterocycles. The summed E-state index contributed by atoms with van der Waals surface area (Å²) in [4.78, 5) is 25.6. The fourth-order valence-corrected chi connectivity index (χ4v) is 1.99. The molecular formula is C14H20N2O2S. The highest BCUT2D eigenvalue weighted by molar-refractivity contribution is 7.80. The molecule has 1 atom stereocenters. The maximum absolute atomic E-state index is 12.2. The summed E-state index contributed by atoms with van der Waals surface area (Å²) in [7, 11) is 0. The van der Waals surface area contributed by atoms with Crippen LogP contribution in [0.3, 0.4) is 0 Å². The average molecular weight is 280 g/mol. The minimum atomic E-state index is -0.683. The van der Waals surface area contributed by atoms with Gasteiger partial charge in [-0.2, -0.15) is 12.6 Å². The number of thiol groups is 1. The van der Waals surface area contributed by atoms with Crippen molar-refractivity contribution < 1.29 is 9.59 Å². The maximum Gasteiger partial charge on any atom is 0.234 e. The number of ketones is 1. The Balaban J connectivity index is 2.84. The summed E-state index contributed by atoms with van der Waals surface area (Å²) in [5.74, 6) is -0.260. The van der Waals surface area contributed by atoms with Gasteiger partial charge in [-0.15, -0.1) is 0 Å². The topological polar surface area (TPSA) is 63.4 Å². The lowest BCUT2D eigenvalue weighted by Crippen LogP contribution is -2.41. The molecule has 5 heteroatoms. The van der Waals surface area contributed by atoms with Crippen molar-refractivity contribution in [2.24, 2.45) is 5.73 Å². The molecule has 1 aromatic rings. The Morgan fingerprint density at radius 3 is 2.32 bits per heavy atom. The van der Waals surface area contributed by atoms with E-state index in [1.54, 1.807) is 4.90 Å². The average Bonchev–Trinajstić information content (AvgIpc) is 2.38. The zero-order chi connectivity index (χ0) is 14.4. The van der Waals surface area contributed by atoms with Gasteiger partial charge in [0.1, 0.15) is 0 Å². The van der Waals surface area contributed by atoms with Crippen molar-refractivity contribution in [3.8, 4) is 0 Å². The quantitative estimate of drug-likeness (QED) is 0.615. The third kappa shape index (κ3) is 4.36. The van der Waals surface area contributed by atoms with Crippen LogP contribution in [-0.4, -0.2) is 29.5 Å². The van der Waals surface area contributed by atoms with Crippen LogP contribution in [0, 0.1) is 0 Å². The van der Waals surface area contributed by atoms with Crippen LogP contribution in [0.25, 0.3) is 0 Å². The highest BCUT2D eigenvalue weighted by atomic mass is 32.1. The molecule has 0 aliphatic carbocycles. The summed E-state index contributed by atoms with van der Waals surface area (Å²) >= 11 is 3.97. The number of anilines is 1. The highest BCUT2D eigenvalue weighted by Gasteiger charge is 2.23. The predicted octanol–water partition coefficient (Wildman–Crippen LogP) is 1.64. The number of rotatable bonds is 6. The van der Waals surface area contributed by atoms with E-state index in [0.717, 1.165) is 5.69 Å². The van der Waals surface area contributed by atoms with Crippen LogP contribution in [0.2, 0.25) is 0 Å². The summed E-state index contributed by atoms with van der Waals surface area (Å²) < 4.78 is 0. The molecule has 0 aliphatic rings. The molecule has 1 aromatic carbocycles. The lowest BCUT2D eigenvalue weighted by molar-refractivity contribution is -0.127. The molecule has 104 valence electrons. The van der Waals surface area contributed by atoms with Crippen molar-refractivity contribution in [2.45, 2.75) is 32.4 Å². The van der Waals surface area contributed by atoms with Crippen LogP contribution in [-0.2, 0) is 9.59 Å². The number of nitrogens with zero attached hydrogens (tertiary/aromatic N) is 1. The maximum atomic E-state index is 12.2. The standard InChI is InChI=1S/C14H20N2O2S/c1-10(2)16(11-6-4-3-5-7-11)14(18)8-13(17)12(15)9-19/h3-7,10,12,19H,8-9,15H2,1-2H3/t12-/m0/s1. The number of carbonyl (C=O) groups excluding carboxylic acids is 2. The molecule has 0 saturated carbocycles. The van der Waals surface area contributed by atoms with Gasteiger partial charge in [-0.1, -0.05) is 18.2 Å². The van der Waals surface area contributed by atoms with Gasteiger partial charge in [0.25, 0.3) is 0 Å². The minimum absolute atomic E-state index is 0.0186.